The van der Waals surface area contributed by atoms with E-state index in [1.54, 1.807) is 18.2 Å². The van der Waals surface area contributed by atoms with Gasteiger partial charge in [0.25, 0.3) is 5.56 Å². The van der Waals surface area contributed by atoms with Crippen LogP contribution in [0.1, 0.15) is 6.42 Å². The molecule has 6 heteroatoms. The average molecular weight is 299 g/mol. The Morgan fingerprint density at radius 1 is 1.47 bits per heavy atom. The minimum Gasteiger partial charge on any atom is -0.470 e. The summed E-state index contributed by atoms with van der Waals surface area (Å²) in [4.78, 5) is 11.5. The highest BCUT2D eigenvalue weighted by atomic mass is 79.9. The van der Waals surface area contributed by atoms with E-state index in [2.05, 4.69) is 26.1 Å². The summed E-state index contributed by atoms with van der Waals surface area (Å²) in [5.74, 6) is 0.269. The molecular weight excluding hydrogens is 291 g/mol. The molecule has 3 rings (SSSR count). The van der Waals surface area contributed by atoms with Crippen molar-refractivity contribution < 1.29 is 9.13 Å². The Hall–Kier alpha value is -1.43. The molecule has 1 heterocycles. The lowest BCUT2D eigenvalue weighted by Gasteiger charge is -2.06. The summed E-state index contributed by atoms with van der Waals surface area (Å²) in [5.41, 5.74) is -0.285. The van der Waals surface area contributed by atoms with Crippen molar-refractivity contribution in [2.75, 3.05) is 0 Å². The van der Waals surface area contributed by atoms with Crippen LogP contribution in [0.3, 0.4) is 0 Å². The number of aromatic nitrogens is 2. The first-order valence-electron chi connectivity index (χ1n) is 5.14. The fourth-order valence-corrected chi connectivity index (χ4v) is 1.97. The van der Waals surface area contributed by atoms with Crippen LogP contribution in [0.5, 0.6) is 5.88 Å². The molecule has 1 saturated carbocycles. The Morgan fingerprint density at radius 2 is 2.24 bits per heavy atom. The highest BCUT2D eigenvalue weighted by molar-refractivity contribution is 9.10. The molecule has 17 heavy (non-hydrogen) atoms. The zero-order valence-corrected chi connectivity index (χ0v) is 10.2. The first-order valence-corrected chi connectivity index (χ1v) is 5.93. The van der Waals surface area contributed by atoms with Crippen LogP contribution >= 0.6 is 15.9 Å². The van der Waals surface area contributed by atoms with Crippen LogP contribution in [0, 0.1) is 0 Å². The van der Waals surface area contributed by atoms with Gasteiger partial charge in [-0.15, -0.1) is 5.10 Å². The van der Waals surface area contributed by atoms with E-state index in [1.807, 2.05) is 0 Å². The fraction of sp³-hybridized carbons (Fsp3) is 0.273. The van der Waals surface area contributed by atoms with Crippen molar-refractivity contribution in [3.8, 4) is 5.88 Å². The number of aromatic amines is 1. The minimum atomic E-state index is -0.925. The number of ether oxygens (including phenoxy) is 1. The molecule has 2 atom stereocenters. The van der Waals surface area contributed by atoms with Crippen molar-refractivity contribution in [1.29, 1.82) is 0 Å². The summed E-state index contributed by atoms with van der Waals surface area (Å²) in [6.07, 6.45) is -0.974. The highest BCUT2D eigenvalue weighted by Crippen LogP contribution is 2.32. The predicted octanol–water partition coefficient (Wildman–Crippen LogP) is 2.17. The second-order valence-corrected chi connectivity index (χ2v) is 4.87. The molecule has 1 aliphatic rings. The van der Waals surface area contributed by atoms with E-state index in [0.29, 0.717) is 17.2 Å². The van der Waals surface area contributed by atoms with Crippen LogP contribution in [0.15, 0.2) is 27.5 Å². The Labute approximate surface area is 104 Å². The minimum absolute atomic E-state index is 0.269. The Morgan fingerprint density at radius 3 is 2.94 bits per heavy atom. The summed E-state index contributed by atoms with van der Waals surface area (Å²) < 4.78 is 19.0. The van der Waals surface area contributed by atoms with Crippen LogP contribution in [0.2, 0.25) is 0 Å². The number of hydrogen-bond donors (Lipinski definition) is 1. The zero-order valence-electron chi connectivity index (χ0n) is 8.61. The predicted molar refractivity (Wildman–Crippen MR) is 64.0 cm³/mol. The third-order valence-electron chi connectivity index (χ3n) is 2.64. The van der Waals surface area contributed by atoms with Gasteiger partial charge in [0.1, 0.15) is 12.3 Å². The maximum absolute atomic E-state index is 12.8. The van der Waals surface area contributed by atoms with Crippen molar-refractivity contribution in [2.24, 2.45) is 0 Å². The van der Waals surface area contributed by atoms with Crippen LogP contribution in [0.4, 0.5) is 4.39 Å². The Balaban J connectivity index is 2.14. The molecule has 1 aliphatic carbocycles. The lowest BCUT2D eigenvalue weighted by Crippen LogP contribution is -2.12. The summed E-state index contributed by atoms with van der Waals surface area (Å²) in [6, 6.07) is 5.17. The van der Waals surface area contributed by atoms with Gasteiger partial charge in [-0.2, -0.15) is 0 Å². The number of fused-ring (bicyclic) bond motifs is 1. The summed E-state index contributed by atoms with van der Waals surface area (Å²) >= 11 is 3.32. The summed E-state index contributed by atoms with van der Waals surface area (Å²) in [6.45, 7) is 0. The number of H-pyrrole nitrogens is 1. The molecular formula is C11H8BrFN2O2. The maximum atomic E-state index is 12.8. The quantitative estimate of drug-likeness (QED) is 0.924. The molecule has 0 bridgehead atoms. The number of nitrogens with one attached hydrogen (secondary N) is 1. The van der Waals surface area contributed by atoms with Crippen molar-refractivity contribution in [3.63, 3.8) is 0 Å². The number of rotatable bonds is 2. The van der Waals surface area contributed by atoms with E-state index in [9.17, 15) is 9.18 Å². The van der Waals surface area contributed by atoms with Gasteiger partial charge >= 0.3 is 0 Å². The average Bonchev–Trinajstić information content (AvgIpc) is 2.98. The first kappa shape index (κ1) is 10.7. The second-order valence-electron chi connectivity index (χ2n) is 3.96. The Kier molecular flexibility index (Phi) is 2.39. The number of halogens is 2. The van der Waals surface area contributed by atoms with Gasteiger partial charge in [-0.3, -0.25) is 4.79 Å². The van der Waals surface area contributed by atoms with E-state index in [4.69, 9.17) is 4.74 Å². The van der Waals surface area contributed by atoms with Crippen molar-refractivity contribution in [3.05, 3.63) is 33.0 Å². The summed E-state index contributed by atoms with van der Waals surface area (Å²) in [7, 11) is 0. The van der Waals surface area contributed by atoms with Crippen LogP contribution in [0.25, 0.3) is 10.8 Å². The van der Waals surface area contributed by atoms with Crippen molar-refractivity contribution in [1.82, 2.24) is 10.2 Å². The van der Waals surface area contributed by atoms with E-state index in [1.165, 1.54) is 0 Å². The number of hydrogen-bond acceptors (Lipinski definition) is 3. The third-order valence-corrected chi connectivity index (χ3v) is 3.13. The molecule has 0 unspecified atom stereocenters. The van der Waals surface area contributed by atoms with Gasteiger partial charge in [0.05, 0.1) is 10.8 Å². The molecule has 0 radical (unpaired) electrons. The standard InChI is InChI=1S/C11H8BrFN2O2/c12-5-1-2-6-7(3-5)11(15-14-10(6)16)17-9-4-8(9)13/h1-3,8-9H,4H2,(H,14,16)/t8-,9-/m0/s1. The molecule has 1 fully saturated rings. The molecule has 0 saturated heterocycles. The SMILES string of the molecule is O=c1[nH]nc(O[C@H]2C[C@@H]2F)c2cc(Br)ccc12. The zero-order chi connectivity index (χ0) is 12.0. The fourth-order valence-electron chi connectivity index (χ4n) is 1.61. The Bertz CT molecular complexity index is 643. The first-order chi connectivity index (χ1) is 8.15. The molecule has 2 aromatic rings. The molecule has 1 N–H and O–H groups in total. The molecule has 0 spiro atoms. The molecule has 4 nitrogen and oxygen atoms in total. The van der Waals surface area contributed by atoms with Crippen LogP contribution < -0.4 is 10.3 Å². The molecule has 0 aliphatic heterocycles. The number of benzene rings is 1. The smallest absolute Gasteiger partial charge is 0.272 e. The van der Waals surface area contributed by atoms with Crippen molar-refractivity contribution in [2.45, 2.75) is 18.7 Å². The second kappa shape index (κ2) is 3.80. The van der Waals surface area contributed by atoms with E-state index >= 15 is 0 Å². The third kappa shape index (κ3) is 1.93. The van der Waals surface area contributed by atoms with Gasteiger partial charge in [-0.1, -0.05) is 15.9 Å². The van der Waals surface area contributed by atoms with Gasteiger partial charge in [0.2, 0.25) is 5.88 Å². The largest absolute Gasteiger partial charge is 0.470 e. The lowest BCUT2D eigenvalue weighted by atomic mass is 10.2. The van der Waals surface area contributed by atoms with Gasteiger partial charge in [0, 0.05) is 10.9 Å². The lowest BCUT2D eigenvalue weighted by molar-refractivity contribution is 0.252. The number of nitrogens with zero attached hydrogens (tertiary/aromatic N) is 1. The van der Waals surface area contributed by atoms with Gasteiger partial charge < -0.3 is 4.74 Å². The maximum Gasteiger partial charge on any atom is 0.272 e. The summed E-state index contributed by atoms with van der Waals surface area (Å²) in [5, 5.41) is 7.22. The van der Waals surface area contributed by atoms with E-state index < -0.39 is 12.3 Å². The van der Waals surface area contributed by atoms with Crippen LogP contribution in [-0.2, 0) is 0 Å². The highest BCUT2D eigenvalue weighted by Gasteiger charge is 2.40. The van der Waals surface area contributed by atoms with Gasteiger partial charge in [-0.05, 0) is 18.2 Å². The normalized spacial score (nSPS) is 22.7. The van der Waals surface area contributed by atoms with Crippen molar-refractivity contribution >= 4 is 26.7 Å². The number of alkyl halides is 1. The van der Waals surface area contributed by atoms with Gasteiger partial charge in [0.15, 0.2) is 0 Å². The van der Waals surface area contributed by atoms with Gasteiger partial charge in [-0.25, -0.2) is 9.49 Å². The van der Waals surface area contributed by atoms with E-state index in [-0.39, 0.29) is 11.4 Å². The monoisotopic (exact) mass is 298 g/mol. The molecule has 1 aromatic heterocycles. The topological polar surface area (TPSA) is 55.0 Å². The molecule has 1 aromatic carbocycles. The molecule has 88 valence electrons. The molecule has 0 amide bonds. The van der Waals surface area contributed by atoms with Crippen LogP contribution in [-0.4, -0.2) is 22.5 Å². The van der Waals surface area contributed by atoms with E-state index in [0.717, 1.165) is 4.47 Å².